The van der Waals surface area contributed by atoms with E-state index >= 15 is 0 Å². The number of piperidine rings is 1. The normalized spacial score (nSPS) is 20.6. The highest BCUT2D eigenvalue weighted by molar-refractivity contribution is 7.90. The smallest absolute Gasteiger partial charge is 0.249 e. The van der Waals surface area contributed by atoms with Gasteiger partial charge in [0.1, 0.15) is 11.9 Å². The van der Waals surface area contributed by atoms with Gasteiger partial charge in [-0.25, -0.2) is 13.4 Å². The summed E-state index contributed by atoms with van der Waals surface area (Å²) in [4.78, 5) is 24.2. The second-order valence-electron chi connectivity index (χ2n) is 8.48. The van der Waals surface area contributed by atoms with Gasteiger partial charge in [-0.2, -0.15) is 0 Å². The van der Waals surface area contributed by atoms with Crippen LogP contribution in [-0.4, -0.2) is 69.7 Å². The molecule has 1 amide bonds. The summed E-state index contributed by atoms with van der Waals surface area (Å²) in [5.41, 5.74) is 1.44. The number of likely N-dealkylation sites (N-methyl/N-ethyl adjacent to an activating group) is 1. The Bertz CT molecular complexity index is 1100. The van der Waals surface area contributed by atoms with Gasteiger partial charge >= 0.3 is 0 Å². The van der Waals surface area contributed by atoms with E-state index in [1.54, 1.807) is 30.1 Å². The molecule has 2 aliphatic heterocycles. The molecule has 0 bridgehead atoms. The Morgan fingerprint density at radius 1 is 1.10 bits per heavy atom. The van der Waals surface area contributed by atoms with Crippen molar-refractivity contribution in [2.45, 2.75) is 36.7 Å². The Kier molecular flexibility index (Phi) is 5.65. The number of carbonyl (C=O) groups excluding carboxylic acids is 1. The zero-order chi connectivity index (χ0) is 22.3. The van der Waals surface area contributed by atoms with Gasteiger partial charge in [-0.15, -0.1) is 0 Å². The lowest BCUT2D eigenvalue weighted by Crippen LogP contribution is -2.57. The largest absolute Gasteiger partial charge is 0.340 e. The summed E-state index contributed by atoms with van der Waals surface area (Å²) in [6.07, 6.45) is 3.15. The van der Waals surface area contributed by atoms with E-state index < -0.39 is 9.84 Å². The Labute approximate surface area is 183 Å². The second-order valence-corrected chi connectivity index (χ2v) is 10.5. The number of nitrogens with zero attached hydrogens (tertiary/aromatic N) is 4. The van der Waals surface area contributed by atoms with Crippen molar-refractivity contribution in [1.82, 2.24) is 9.88 Å². The number of sulfone groups is 1. The highest BCUT2D eigenvalue weighted by Crippen LogP contribution is 2.38. The number of nitrogens with one attached hydrogen (secondary N) is 1. The molecule has 2 aromatic rings. The van der Waals surface area contributed by atoms with Crippen molar-refractivity contribution < 1.29 is 13.2 Å². The van der Waals surface area contributed by atoms with E-state index in [4.69, 9.17) is 4.98 Å². The van der Waals surface area contributed by atoms with Crippen molar-refractivity contribution in [2.75, 3.05) is 48.6 Å². The van der Waals surface area contributed by atoms with Gasteiger partial charge in [-0.3, -0.25) is 4.79 Å². The SMILES string of the molecule is C[C@@H]1C(=O)N(C)c2ccc(Nc3cccc(S(C)(=O)=O)c3)nc2N1C1CCN(C)CC1. The fourth-order valence-electron chi connectivity index (χ4n) is 4.38. The summed E-state index contributed by atoms with van der Waals surface area (Å²) in [6.45, 7) is 3.92. The Morgan fingerprint density at radius 2 is 1.81 bits per heavy atom. The van der Waals surface area contributed by atoms with E-state index in [1.807, 2.05) is 25.1 Å². The van der Waals surface area contributed by atoms with Crippen LogP contribution < -0.4 is 15.1 Å². The number of benzene rings is 1. The van der Waals surface area contributed by atoms with Crippen LogP contribution in [0.1, 0.15) is 19.8 Å². The molecule has 1 N–H and O–H groups in total. The van der Waals surface area contributed by atoms with Crippen LogP contribution in [0.2, 0.25) is 0 Å². The van der Waals surface area contributed by atoms with Gasteiger partial charge in [-0.05, 0) is 70.2 Å². The summed E-state index contributed by atoms with van der Waals surface area (Å²) in [5, 5.41) is 3.22. The van der Waals surface area contributed by atoms with Crippen molar-refractivity contribution in [2.24, 2.45) is 0 Å². The highest BCUT2D eigenvalue weighted by atomic mass is 32.2. The first kappa shape index (κ1) is 21.6. The number of likely N-dealkylation sites (tertiary alicyclic amines) is 1. The summed E-state index contributed by atoms with van der Waals surface area (Å²) >= 11 is 0. The zero-order valence-corrected chi connectivity index (χ0v) is 19.2. The van der Waals surface area contributed by atoms with Gasteiger partial charge in [0.15, 0.2) is 15.7 Å². The first-order valence-electron chi connectivity index (χ1n) is 10.5. The average molecular weight is 444 g/mol. The first-order valence-corrected chi connectivity index (χ1v) is 12.4. The zero-order valence-electron chi connectivity index (χ0n) is 18.4. The molecular weight excluding hydrogens is 414 g/mol. The van der Waals surface area contributed by atoms with E-state index in [-0.39, 0.29) is 22.9 Å². The number of pyridine rings is 1. The molecule has 1 aromatic carbocycles. The first-order chi connectivity index (χ1) is 14.6. The predicted octanol–water partition coefficient (Wildman–Crippen LogP) is 2.49. The van der Waals surface area contributed by atoms with Gasteiger partial charge in [0.2, 0.25) is 5.91 Å². The maximum Gasteiger partial charge on any atom is 0.249 e. The fraction of sp³-hybridized carbons (Fsp3) is 0.455. The van der Waals surface area contributed by atoms with Gasteiger partial charge in [0.25, 0.3) is 0 Å². The molecule has 1 aromatic heterocycles. The van der Waals surface area contributed by atoms with E-state index in [0.717, 1.165) is 37.4 Å². The molecule has 0 aliphatic carbocycles. The Morgan fingerprint density at radius 3 is 2.48 bits per heavy atom. The lowest BCUT2D eigenvalue weighted by atomic mass is 9.99. The molecule has 0 radical (unpaired) electrons. The van der Waals surface area contributed by atoms with Gasteiger partial charge in [-0.1, -0.05) is 6.07 Å². The van der Waals surface area contributed by atoms with Crippen LogP contribution in [0, 0.1) is 0 Å². The number of fused-ring (bicyclic) bond motifs is 1. The predicted molar refractivity (Wildman–Crippen MR) is 123 cm³/mol. The molecule has 3 heterocycles. The summed E-state index contributed by atoms with van der Waals surface area (Å²) in [5.74, 6) is 1.46. The summed E-state index contributed by atoms with van der Waals surface area (Å²) in [7, 11) is 0.607. The molecule has 0 saturated carbocycles. The number of anilines is 4. The van der Waals surface area contributed by atoms with E-state index in [2.05, 4.69) is 22.2 Å². The molecule has 4 rings (SSSR count). The van der Waals surface area contributed by atoms with Crippen LogP contribution in [0.5, 0.6) is 0 Å². The van der Waals surface area contributed by atoms with Crippen LogP contribution >= 0.6 is 0 Å². The number of rotatable bonds is 4. The van der Waals surface area contributed by atoms with E-state index in [9.17, 15) is 13.2 Å². The average Bonchev–Trinajstić information content (AvgIpc) is 2.73. The van der Waals surface area contributed by atoms with Crippen LogP contribution in [0.4, 0.5) is 23.0 Å². The fourth-order valence-corrected chi connectivity index (χ4v) is 5.05. The van der Waals surface area contributed by atoms with Gasteiger partial charge < -0.3 is 20.0 Å². The number of hydrogen-bond donors (Lipinski definition) is 1. The molecule has 1 fully saturated rings. The minimum absolute atomic E-state index is 0.0646. The molecule has 1 atom stereocenters. The lowest BCUT2D eigenvalue weighted by molar-refractivity contribution is -0.119. The third kappa shape index (κ3) is 4.24. The molecular formula is C22H29N5O3S. The number of amides is 1. The molecule has 8 nitrogen and oxygen atoms in total. The van der Waals surface area contributed by atoms with Crippen LogP contribution in [0.25, 0.3) is 0 Å². The number of aromatic nitrogens is 1. The van der Waals surface area contributed by atoms with Crippen molar-refractivity contribution in [3.8, 4) is 0 Å². The van der Waals surface area contributed by atoms with Crippen molar-refractivity contribution in [3.05, 3.63) is 36.4 Å². The lowest BCUT2D eigenvalue weighted by Gasteiger charge is -2.45. The monoisotopic (exact) mass is 443 g/mol. The summed E-state index contributed by atoms with van der Waals surface area (Å²) in [6, 6.07) is 10.4. The minimum atomic E-state index is -3.30. The standard InChI is InChI=1S/C22H29N5O3S/c1-15-22(28)26(3)19-8-9-20(23-16-6-5-7-18(14-16)31(4,29)30)24-21(19)27(15)17-10-12-25(2)13-11-17/h5-9,14-15,17H,10-13H2,1-4H3,(H,23,24)/t15-/m1/s1. The molecule has 31 heavy (non-hydrogen) atoms. The molecule has 0 unspecified atom stereocenters. The molecule has 2 aliphatic rings. The molecule has 0 spiro atoms. The topological polar surface area (TPSA) is 85.8 Å². The second kappa shape index (κ2) is 8.12. The van der Waals surface area contributed by atoms with Crippen molar-refractivity contribution in [3.63, 3.8) is 0 Å². The van der Waals surface area contributed by atoms with Crippen LogP contribution in [0.3, 0.4) is 0 Å². The van der Waals surface area contributed by atoms with E-state index in [1.165, 1.54) is 6.26 Å². The molecule has 1 saturated heterocycles. The highest BCUT2D eigenvalue weighted by Gasteiger charge is 2.39. The number of hydrogen-bond acceptors (Lipinski definition) is 7. The summed E-state index contributed by atoms with van der Waals surface area (Å²) < 4.78 is 23.8. The van der Waals surface area contributed by atoms with Crippen molar-refractivity contribution in [1.29, 1.82) is 0 Å². The van der Waals surface area contributed by atoms with Gasteiger partial charge in [0, 0.05) is 25.0 Å². The van der Waals surface area contributed by atoms with Crippen molar-refractivity contribution >= 4 is 38.8 Å². The van der Waals surface area contributed by atoms with E-state index in [0.29, 0.717) is 11.5 Å². The Balaban J connectivity index is 1.69. The molecule has 9 heteroatoms. The third-order valence-electron chi connectivity index (χ3n) is 6.18. The quantitative estimate of drug-likeness (QED) is 0.777. The minimum Gasteiger partial charge on any atom is -0.340 e. The molecule has 166 valence electrons. The third-order valence-corrected chi connectivity index (χ3v) is 7.29. The maximum absolute atomic E-state index is 12.9. The maximum atomic E-state index is 12.9. The van der Waals surface area contributed by atoms with Gasteiger partial charge in [0.05, 0.1) is 10.6 Å². The Hall–Kier alpha value is -2.65. The van der Waals surface area contributed by atoms with Crippen LogP contribution in [0.15, 0.2) is 41.3 Å². The van der Waals surface area contributed by atoms with Crippen LogP contribution in [-0.2, 0) is 14.6 Å². The number of carbonyl (C=O) groups is 1.